The Bertz CT molecular complexity index is 530. The number of nitrogens with zero attached hydrogens (tertiary/aromatic N) is 1. The average Bonchev–Trinajstić information content (AvgIpc) is 2.21. The summed E-state index contributed by atoms with van der Waals surface area (Å²) < 4.78 is 38.0. The average molecular weight is 251 g/mol. The summed E-state index contributed by atoms with van der Waals surface area (Å²) in [5.41, 5.74) is 3.45. The Balaban J connectivity index is 3.52. The number of rotatable bonds is 2. The summed E-state index contributed by atoms with van der Waals surface area (Å²) in [6.45, 7) is 1.85. The molecule has 0 bridgehead atoms. The van der Waals surface area contributed by atoms with Gasteiger partial charge in [-0.25, -0.2) is 4.68 Å². The summed E-state index contributed by atoms with van der Waals surface area (Å²) >= 11 is 0. The highest BCUT2D eigenvalue weighted by molar-refractivity contribution is 5.17. The zero-order chi connectivity index (χ0) is 13.4. The van der Waals surface area contributed by atoms with Crippen molar-refractivity contribution in [1.29, 1.82) is 0 Å². The van der Waals surface area contributed by atoms with Gasteiger partial charge in [-0.3, -0.25) is 14.7 Å². The lowest BCUT2D eigenvalue weighted by molar-refractivity contribution is -0.168. The molecule has 3 N–H and O–H groups in total. The molecule has 5 nitrogen and oxygen atoms in total. The van der Waals surface area contributed by atoms with Crippen molar-refractivity contribution in [3.63, 3.8) is 0 Å². The van der Waals surface area contributed by atoms with Gasteiger partial charge in [-0.15, -0.1) is 0 Å². The van der Waals surface area contributed by atoms with Crippen LogP contribution in [-0.4, -0.2) is 22.5 Å². The van der Waals surface area contributed by atoms with Gasteiger partial charge in [0, 0.05) is 17.7 Å². The molecule has 96 valence electrons. The first-order valence-corrected chi connectivity index (χ1v) is 4.79. The topological polar surface area (TPSA) is 80.9 Å². The van der Waals surface area contributed by atoms with E-state index in [1.165, 1.54) is 13.8 Å². The standard InChI is InChI=1S/C9H12F3N3O2/c1-4-5(2)8(17)15(14-7(4)16)6(3-13)9(10,11)12/h6H,3,13H2,1-2H3,(H,14,16). The number of hydrogen-bond acceptors (Lipinski definition) is 3. The molecule has 1 atom stereocenters. The second-order valence-corrected chi connectivity index (χ2v) is 3.66. The van der Waals surface area contributed by atoms with Crippen LogP contribution >= 0.6 is 0 Å². The minimum absolute atomic E-state index is 0.0172. The lowest BCUT2D eigenvalue weighted by atomic mass is 10.2. The van der Waals surface area contributed by atoms with Crippen LogP contribution in [0, 0.1) is 13.8 Å². The smallest absolute Gasteiger partial charge is 0.328 e. The molecule has 0 spiro atoms. The summed E-state index contributed by atoms with van der Waals surface area (Å²) in [5.74, 6) is 0. The van der Waals surface area contributed by atoms with E-state index >= 15 is 0 Å². The first kappa shape index (κ1) is 13.5. The second kappa shape index (κ2) is 4.36. The van der Waals surface area contributed by atoms with Crippen LogP contribution in [0.4, 0.5) is 13.2 Å². The highest BCUT2D eigenvalue weighted by atomic mass is 19.4. The van der Waals surface area contributed by atoms with Crippen LogP contribution in [0.5, 0.6) is 0 Å². The molecule has 0 amide bonds. The van der Waals surface area contributed by atoms with Crippen molar-refractivity contribution in [3.05, 3.63) is 31.8 Å². The Labute approximate surface area is 94.0 Å². The van der Waals surface area contributed by atoms with Gasteiger partial charge < -0.3 is 5.73 Å². The number of aromatic nitrogens is 2. The molecular formula is C9H12F3N3O2. The van der Waals surface area contributed by atoms with Crippen molar-refractivity contribution in [2.75, 3.05) is 6.54 Å². The van der Waals surface area contributed by atoms with Gasteiger partial charge >= 0.3 is 6.18 Å². The molecule has 1 rings (SSSR count). The molecule has 1 heterocycles. The predicted octanol–water partition coefficient (Wildman–Crippen LogP) is 0.216. The van der Waals surface area contributed by atoms with Gasteiger partial charge in [-0.1, -0.05) is 0 Å². The summed E-state index contributed by atoms with van der Waals surface area (Å²) in [7, 11) is 0. The molecule has 0 aliphatic heterocycles. The summed E-state index contributed by atoms with van der Waals surface area (Å²) in [6, 6.07) is -2.22. The zero-order valence-corrected chi connectivity index (χ0v) is 9.26. The van der Waals surface area contributed by atoms with Crippen LogP contribution < -0.4 is 16.9 Å². The van der Waals surface area contributed by atoms with Crippen molar-refractivity contribution < 1.29 is 13.2 Å². The number of nitrogens with two attached hydrogens (primary N) is 1. The quantitative estimate of drug-likeness (QED) is 0.788. The summed E-state index contributed by atoms with van der Waals surface area (Å²) in [5, 5.41) is 1.89. The van der Waals surface area contributed by atoms with Crippen LogP contribution in [0.25, 0.3) is 0 Å². The Hall–Kier alpha value is -1.57. The lowest BCUT2D eigenvalue weighted by Gasteiger charge is -2.21. The van der Waals surface area contributed by atoms with Gasteiger partial charge in [0.1, 0.15) is 0 Å². The van der Waals surface area contributed by atoms with Gasteiger partial charge in [-0.2, -0.15) is 13.2 Å². The molecule has 0 aliphatic rings. The Kier molecular flexibility index (Phi) is 3.46. The van der Waals surface area contributed by atoms with E-state index < -0.39 is 29.9 Å². The van der Waals surface area contributed by atoms with E-state index in [0.717, 1.165) is 0 Å². The molecule has 0 fully saturated rings. The third kappa shape index (κ3) is 2.41. The van der Waals surface area contributed by atoms with E-state index in [9.17, 15) is 22.8 Å². The van der Waals surface area contributed by atoms with Crippen molar-refractivity contribution >= 4 is 0 Å². The van der Waals surface area contributed by atoms with Crippen molar-refractivity contribution in [2.45, 2.75) is 26.1 Å². The number of nitrogens with one attached hydrogen (secondary N) is 1. The highest BCUT2D eigenvalue weighted by Crippen LogP contribution is 2.27. The number of hydrogen-bond donors (Lipinski definition) is 2. The first-order chi connectivity index (χ1) is 7.70. The van der Waals surface area contributed by atoms with E-state index in [-0.39, 0.29) is 15.8 Å². The van der Waals surface area contributed by atoms with Crippen molar-refractivity contribution in [1.82, 2.24) is 9.78 Å². The van der Waals surface area contributed by atoms with Gasteiger partial charge in [0.05, 0.1) is 0 Å². The molecule has 0 aliphatic carbocycles. The maximum atomic E-state index is 12.6. The van der Waals surface area contributed by atoms with E-state index in [2.05, 4.69) is 0 Å². The predicted molar refractivity (Wildman–Crippen MR) is 54.9 cm³/mol. The van der Waals surface area contributed by atoms with E-state index in [0.29, 0.717) is 0 Å². The molecule has 0 saturated heterocycles. The number of aromatic amines is 1. The third-order valence-electron chi connectivity index (χ3n) is 2.58. The molecule has 1 unspecified atom stereocenters. The number of H-pyrrole nitrogens is 1. The highest BCUT2D eigenvalue weighted by Gasteiger charge is 2.41. The minimum Gasteiger partial charge on any atom is -0.328 e. The fourth-order valence-electron chi connectivity index (χ4n) is 1.36. The second-order valence-electron chi connectivity index (χ2n) is 3.66. The van der Waals surface area contributed by atoms with Crippen LogP contribution in [0.15, 0.2) is 9.59 Å². The largest absolute Gasteiger partial charge is 0.412 e. The van der Waals surface area contributed by atoms with Crippen LogP contribution in [-0.2, 0) is 0 Å². The minimum atomic E-state index is -4.69. The molecule has 0 aromatic carbocycles. The first-order valence-electron chi connectivity index (χ1n) is 4.79. The number of halogens is 3. The maximum Gasteiger partial charge on any atom is 0.412 e. The maximum absolute atomic E-state index is 12.6. The molecule has 0 saturated carbocycles. The van der Waals surface area contributed by atoms with Crippen molar-refractivity contribution in [2.24, 2.45) is 5.73 Å². The lowest BCUT2D eigenvalue weighted by Crippen LogP contribution is -2.44. The monoisotopic (exact) mass is 251 g/mol. The van der Waals surface area contributed by atoms with Gasteiger partial charge in [-0.05, 0) is 13.8 Å². The van der Waals surface area contributed by atoms with E-state index in [1.807, 2.05) is 5.10 Å². The van der Waals surface area contributed by atoms with Gasteiger partial charge in [0.15, 0.2) is 6.04 Å². The van der Waals surface area contributed by atoms with Crippen LogP contribution in [0.1, 0.15) is 17.2 Å². The third-order valence-corrected chi connectivity index (χ3v) is 2.58. The van der Waals surface area contributed by atoms with E-state index in [4.69, 9.17) is 5.73 Å². The summed E-state index contributed by atoms with van der Waals surface area (Å²) in [6.07, 6.45) is -4.69. The summed E-state index contributed by atoms with van der Waals surface area (Å²) in [4.78, 5) is 23.0. The Morgan fingerprint density at radius 1 is 1.29 bits per heavy atom. The SMILES string of the molecule is Cc1c(C)c(=O)n(C(CN)C(F)(F)F)[nH]c1=O. The number of alkyl halides is 3. The van der Waals surface area contributed by atoms with Gasteiger partial charge in [0.25, 0.3) is 11.1 Å². The molecule has 17 heavy (non-hydrogen) atoms. The van der Waals surface area contributed by atoms with Gasteiger partial charge in [0.2, 0.25) is 0 Å². The van der Waals surface area contributed by atoms with Crippen molar-refractivity contribution in [3.8, 4) is 0 Å². The molecule has 8 heteroatoms. The molecular weight excluding hydrogens is 239 g/mol. The Morgan fingerprint density at radius 3 is 2.24 bits per heavy atom. The van der Waals surface area contributed by atoms with Crippen LogP contribution in [0.3, 0.4) is 0 Å². The van der Waals surface area contributed by atoms with E-state index in [1.54, 1.807) is 0 Å². The normalized spacial score (nSPS) is 13.8. The molecule has 1 aromatic heterocycles. The fourth-order valence-corrected chi connectivity index (χ4v) is 1.36. The Morgan fingerprint density at radius 2 is 1.82 bits per heavy atom. The van der Waals surface area contributed by atoms with Crippen LogP contribution in [0.2, 0.25) is 0 Å². The fraction of sp³-hybridized carbons (Fsp3) is 0.556. The molecule has 0 radical (unpaired) electrons. The zero-order valence-electron chi connectivity index (χ0n) is 9.26. The molecule has 1 aromatic rings.